The first kappa shape index (κ1) is 22.0. The molecule has 1 unspecified atom stereocenters. The van der Waals surface area contributed by atoms with Crippen LogP contribution >= 0.6 is 0 Å². The molecule has 160 valence electrons. The predicted octanol–water partition coefficient (Wildman–Crippen LogP) is 4.00. The number of ether oxygens (including phenoxy) is 1. The van der Waals surface area contributed by atoms with Crippen LogP contribution in [-0.4, -0.2) is 30.2 Å². The average Bonchev–Trinajstić information content (AvgIpc) is 2.75. The third-order valence-electron chi connectivity index (χ3n) is 5.91. The van der Waals surface area contributed by atoms with E-state index < -0.39 is 11.4 Å². The van der Waals surface area contributed by atoms with E-state index in [9.17, 15) is 14.7 Å². The first-order valence-corrected chi connectivity index (χ1v) is 10.6. The van der Waals surface area contributed by atoms with Crippen molar-refractivity contribution in [1.82, 2.24) is 5.32 Å². The molecule has 1 aliphatic rings. The highest BCUT2D eigenvalue weighted by molar-refractivity contribution is 5.78. The number of hydrogen-bond acceptors (Lipinski definition) is 3. The van der Waals surface area contributed by atoms with Gasteiger partial charge in [-0.15, -0.1) is 0 Å². The van der Waals surface area contributed by atoms with E-state index in [0.29, 0.717) is 31.7 Å². The molecular weight excluding hydrogens is 378 g/mol. The fourth-order valence-electron chi connectivity index (χ4n) is 4.09. The van der Waals surface area contributed by atoms with Gasteiger partial charge in [0, 0.05) is 19.8 Å². The number of carboxylic acids is 1. The summed E-state index contributed by atoms with van der Waals surface area (Å²) in [6, 6.07) is 17.6. The van der Waals surface area contributed by atoms with E-state index in [1.165, 1.54) is 0 Å². The van der Waals surface area contributed by atoms with Crippen LogP contribution in [0.15, 0.2) is 54.6 Å². The van der Waals surface area contributed by atoms with Crippen molar-refractivity contribution in [3.63, 3.8) is 0 Å². The molecule has 3 rings (SSSR count). The molecule has 1 amide bonds. The van der Waals surface area contributed by atoms with E-state index in [4.69, 9.17) is 4.74 Å². The molecule has 5 heteroatoms. The maximum Gasteiger partial charge on any atom is 0.309 e. The molecule has 30 heavy (non-hydrogen) atoms. The summed E-state index contributed by atoms with van der Waals surface area (Å²) in [7, 11) is 0. The van der Waals surface area contributed by atoms with Crippen LogP contribution in [0.25, 0.3) is 0 Å². The van der Waals surface area contributed by atoms with Crippen LogP contribution in [0.5, 0.6) is 0 Å². The van der Waals surface area contributed by atoms with Gasteiger partial charge in [-0.25, -0.2) is 0 Å². The number of carbonyl (C=O) groups excluding carboxylic acids is 1. The Morgan fingerprint density at radius 3 is 2.27 bits per heavy atom. The first-order valence-electron chi connectivity index (χ1n) is 10.6. The van der Waals surface area contributed by atoms with Crippen molar-refractivity contribution in [2.75, 3.05) is 13.2 Å². The zero-order chi connectivity index (χ0) is 21.4. The number of rotatable bonds is 9. The number of aliphatic carboxylic acids is 1. The third-order valence-corrected chi connectivity index (χ3v) is 5.91. The highest BCUT2D eigenvalue weighted by atomic mass is 16.5. The van der Waals surface area contributed by atoms with Gasteiger partial charge < -0.3 is 15.2 Å². The van der Waals surface area contributed by atoms with Crippen LogP contribution in [0.4, 0.5) is 0 Å². The Bertz CT molecular complexity index is 828. The summed E-state index contributed by atoms with van der Waals surface area (Å²) >= 11 is 0. The summed E-state index contributed by atoms with van der Waals surface area (Å²) in [5, 5.41) is 12.8. The monoisotopic (exact) mass is 409 g/mol. The van der Waals surface area contributed by atoms with E-state index in [-0.39, 0.29) is 5.91 Å². The Hall–Kier alpha value is -2.66. The van der Waals surface area contributed by atoms with E-state index in [1.807, 2.05) is 61.5 Å². The van der Waals surface area contributed by atoms with Crippen molar-refractivity contribution in [1.29, 1.82) is 0 Å². The number of hydrogen-bond donors (Lipinski definition) is 2. The zero-order valence-corrected chi connectivity index (χ0v) is 17.6. The fourth-order valence-corrected chi connectivity index (χ4v) is 4.09. The fraction of sp³-hybridized carbons (Fsp3) is 0.440. The number of amides is 1. The van der Waals surface area contributed by atoms with Crippen LogP contribution in [0.3, 0.4) is 0 Å². The molecule has 2 aromatic carbocycles. The Kier molecular flexibility index (Phi) is 7.63. The van der Waals surface area contributed by atoms with Gasteiger partial charge >= 0.3 is 5.97 Å². The summed E-state index contributed by atoms with van der Waals surface area (Å²) < 4.78 is 5.40. The van der Waals surface area contributed by atoms with Crippen LogP contribution in [0, 0.1) is 11.3 Å². The van der Waals surface area contributed by atoms with Crippen molar-refractivity contribution >= 4 is 11.9 Å². The predicted molar refractivity (Wildman–Crippen MR) is 116 cm³/mol. The topological polar surface area (TPSA) is 75.6 Å². The Balaban J connectivity index is 1.54. The van der Waals surface area contributed by atoms with Gasteiger partial charge in [0.1, 0.15) is 0 Å². The normalized spacial score (nSPS) is 16.6. The lowest BCUT2D eigenvalue weighted by molar-refractivity contribution is -0.149. The molecule has 1 saturated heterocycles. The van der Waals surface area contributed by atoms with Crippen LogP contribution in [0.1, 0.15) is 42.9 Å². The molecular formula is C25H31NO4. The second-order valence-electron chi connectivity index (χ2n) is 8.56. The average molecular weight is 410 g/mol. The minimum atomic E-state index is -0.795. The second-order valence-corrected chi connectivity index (χ2v) is 8.56. The van der Waals surface area contributed by atoms with Gasteiger partial charge in [0.25, 0.3) is 0 Å². The minimum absolute atomic E-state index is 0.0264. The number of benzene rings is 2. The minimum Gasteiger partial charge on any atom is -0.481 e. The molecule has 2 aromatic rings. The zero-order valence-electron chi connectivity index (χ0n) is 17.6. The second kappa shape index (κ2) is 10.4. The van der Waals surface area contributed by atoms with Gasteiger partial charge in [-0.1, -0.05) is 54.6 Å². The molecule has 1 aliphatic heterocycles. The van der Waals surface area contributed by atoms with E-state index in [0.717, 1.165) is 42.7 Å². The van der Waals surface area contributed by atoms with Gasteiger partial charge in [0.15, 0.2) is 0 Å². The van der Waals surface area contributed by atoms with E-state index in [2.05, 4.69) is 5.32 Å². The van der Waals surface area contributed by atoms with E-state index >= 15 is 0 Å². The highest BCUT2D eigenvalue weighted by Gasteiger charge is 2.36. The lowest BCUT2D eigenvalue weighted by atomic mass is 9.74. The Morgan fingerprint density at radius 1 is 1.00 bits per heavy atom. The molecule has 1 fully saturated rings. The standard InChI is InChI=1S/C25H31NO4/c1-25(24(28)29,17-21-11-13-30-14-12-21)16-20-9-7-19(8-10-20)15-23(27)26-18-22-5-3-2-4-6-22/h2-10,21H,11-18H2,1H3,(H,26,27)(H,28,29). The van der Waals surface area contributed by atoms with Gasteiger partial charge in [0.2, 0.25) is 5.91 Å². The maximum atomic E-state index is 12.2. The number of carboxylic acid groups (broad SMARTS) is 1. The van der Waals surface area contributed by atoms with Crippen molar-refractivity contribution in [2.45, 2.75) is 45.6 Å². The van der Waals surface area contributed by atoms with Gasteiger partial charge in [-0.2, -0.15) is 0 Å². The lowest BCUT2D eigenvalue weighted by Gasteiger charge is -2.31. The first-order chi connectivity index (χ1) is 14.4. The summed E-state index contributed by atoms with van der Waals surface area (Å²) in [5.41, 5.74) is 2.18. The van der Waals surface area contributed by atoms with E-state index in [1.54, 1.807) is 0 Å². The SMILES string of the molecule is CC(Cc1ccc(CC(=O)NCc2ccccc2)cc1)(CC1CCOCC1)C(=O)O. The number of carbonyl (C=O) groups is 2. The summed E-state index contributed by atoms with van der Waals surface area (Å²) in [6.45, 7) is 3.81. The molecule has 5 nitrogen and oxygen atoms in total. The largest absolute Gasteiger partial charge is 0.481 e. The van der Waals surface area contributed by atoms with Gasteiger partial charge in [-0.05, 0) is 55.2 Å². The highest BCUT2D eigenvalue weighted by Crippen LogP contribution is 2.34. The maximum absolute atomic E-state index is 12.2. The van der Waals surface area contributed by atoms with Crippen molar-refractivity contribution in [3.8, 4) is 0 Å². The van der Waals surface area contributed by atoms with Crippen LogP contribution in [0.2, 0.25) is 0 Å². The molecule has 1 atom stereocenters. The molecule has 0 saturated carbocycles. The Labute approximate surface area is 178 Å². The van der Waals surface area contributed by atoms with Crippen molar-refractivity contribution in [2.24, 2.45) is 11.3 Å². The number of nitrogens with one attached hydrogen (secondary N) is 1. The molecule has 1 heterocycles. The Morgan fingerprint density at radius 2 is 1.63 bits per heavy atom. The van der Waals surface area contributed by atoms with Crippen LogP contribution < -0.4 is 5.32 Å². The van der Waals surface area contributed by atoms with Crippen molar-refractivity contribution < 1.29 is 19.4 Å². The quantitative estimate of drug-likeness (QED) is 0.657. The molecule has 0 aromatic heterocycles. The van der Waals surface area contributed by atoms with Crippen LogP contribution in [-0.2, 0) is 33.7 Å². The molecule has 0 bridgehead atoms. The molecule has 2 N–H and O–H groups in total. The summed E-state index contributed by atoms with van der Waals surface area (Å²) in [5.74, 6) is -0.382. The smallest absolute Gasteiger partial charge is 0.309 e. The molecule has 0 radical (unpaired) electrons. The van der Waals surface area contributed by atoms with Crippen molar-refractivity contribution in [3.05, 3.63) is 71.3 Å². The van der Waals surface area contributed by atoms with Gasteiger partial charge in [-0.3, -0.25) is 9.59 Å². The third kappa shape index (κ3) is 6.42. The summed E-state index contributed by atoms with van der Waals surface area (Å²) in [4.78, 5) is 24.2. The summed E-state index contributed by atoms with van der Waals surface area (Å²) in [6.07, 6.45) is 3.32. The lowest BCUT2D eigenvalue weighted by Crippen LogP contribution is -2.34. The molecule has 0 aliphatic carbocycles. The molecule has 0 spiro atoms. The van der Waals surface area contributed by atoms with Gasteiger partial charge in [0.05, 0.1) is 11.8 Å².